The van der Waals surface area contributed by atoms with Crippen molar-refractivity contribution in [3.05, 3.63) is 11.8 Å². The van der Waals surface area contributed by atoms with Gasteiger partial charge in [-0.1, -0.05) is 44.9 Å². The molecule has 2 rings (SSSR count). The number of ether oxygens (including phenoxy) is 1. The number of carbonyl (C=O) groups is 3. The third-order valence-corrected chi connectivity index (χ3v) is 8.88. The number of aliphatic carboxylic acids is 1. The first kappa shape index (κ1) is 37.7. The van der Waals surface area contributed by atoms with Crippen LogP contribution >= 0.6 is 15.6 Å². The minimum Gasteiger partial charge on any atom is -0.481 e. The largest absolute Gasteiger partial charge is 0.481 e. The Hall–Kier alpha value is -1.51. The van der Waals surface area contributed by atoms with Crippen molar-refractivity contribution in [1.29, 1.82) is 0 Å². The highest BCUT2D eigenvalue weighted by Crippen LogP contribution is 2.45. The van der Waals surface area contributed by atoms with E-state index in [-0.39, 0.29) is 51.3 Å². The van der Waals surface area contributed by atoms with Crippen molar-refractivity contribution in [3.8, 4) is 0 Å². The van der Waals surface area contributed by atoms with Crippen molar-refractivity contribution in [3.63, 3.8) is 0 Å². The average molecular weight is 658 g/mol. The van der Waals surface area contributed by atoms with E-state index in [9.17, 15) is 38.4 Å². The van der Waals surface area contributed by atoms with Crippen LogP contribution in [0.15, 0.2) is 11.8 Å². The number of hydrogen-bond acceptors (Lipinski definition) is 11. The fourth-order valence-corrected chi connectivity index (χ4v) is 6.02. The van der Waals surface area contributed by atoms with E-state index in [0.29, 0.717) is 18.4 Å². The van der Waals surface area contributed by atoms with Gasteiger partial charge >= 0.3 is 21.6 Å². The first-order chi connectivity index (χ1) is 20.3. The number of amides is 1. The Balaban J connectivity index is 1.51. The maximum Gasteiger partial charge on any atom is 0.472 e. The molecule has 2 aliphatic heterocycles. The fourth-order valence-electron chi connectivity index (χ4n) is 4.46. The van der Waals surface area contributed by atoms with E-state index < -0.39 is 52.6 Å². The van der Waals surface area contributed by atoms with Crippen LogP contribution in [-0.2, 0) is 46.3 Å². The average Bonchev–Trinajstić information content (AvgIpc) is 3.29. The number of carbonyl (C=O) groups excluding carboxylic acids is 2. The lowest BCUT2D eigenvalue weighted by molar-refractivity contribution is -0.144. The number of carboxylic acids is 1. The second-order valence-corrected chi connectivity index (χ2v) is 13.5. The van der Waals surface area contributed by atoms with E-state index in [2.05, 4.69) is 0 Å². The molecule has 2 unspecified atom stereocenters. The quantitative estimate of drug-likeness (QED) is 0.0698. The highest BCUT2D eigenvalue weighted by molar-refractivity contribution is 7.47. The Labute approximate surface area is 251 Å². The standard InChI is InChI=1S/C26H45NO14P2/c1-20-18-27(24(30)16-21(20)28)25-17-22(29)23(41-25)19-40-43(35,36)39-15-11-14-38-42(33,34)37-13-10-8-6-4-2-3-5-7-9-12-26(31)32/h18,22-23,25,29H,2-17,19H2,1H3,(H,31,32)(H,33,34)(H,35,36)/t22-,23-,25-/m1/s1. The van der Waals surface area contributed by atoms with Crippen LogP contribution in [0.4, 0.5) is 0 Å². The first-order valence-corrected chi connectivity index (χ1v) is 17.6. The number of Topliss-reactive ketones (excluding diaryl/α,β-unsaturated/α-hetero) is 1. The lowest BCUT2D eigenvalue weighted by atomic mass is 10.1. The molecule has 2 aliphatic rings. The van der Waals surface area contributed by atoms with Gasteiger partial charge in [0, 0.05) is 24.6 Å². The molecule has 1 fully saturated rings. The van der Waals surface area contributed by atoms with Crippen molar-refractivity contribution >= 4 is 33.3 Å². The fraction of sp³-hybridized carbons (Fsp3) is 0.808. The van der Waals surface area contributed by atoms with Crippen molar-refractivity contribution < 1.29 is 66.3 Å². The summed E-state index contributed by atoms with van der Waals surface area (Å²) >= 11 is 0. The monoisotopic (exact) mass is 657 g/mol. The Morgan fingerprint density at radius 1 is 0.884 bits per heavy atom. The number of rotatable bonds is 23. The van der Waals surface area contributed by atoms with Gasteiger partial charge in [-0.15, -0.1) is 0 Å². The molecular formula is C26H45NO14P2. The molecule has 0 spiro atoms. The lowest BCUT2D eigenvalue weighted by Crippen LogP contribution is -2.40. The predicted molar refractivity (Wildman–Crippen MR) is 151 cm³/mol. The summed E-state index contributed by atoms with van der Waals surface area (Å²) in [4.78, 5) is 55.2. The molecule has 4 N–H and O–H groups in total. The van der Waals surface area contributed by atoms with Gasteiger partial charge in [0.05, 0.1) is 39.0 Å². The van der Waals surface area contributed by atoms with Gasteiger partial charge < -0.3 is 24.7 Å². The van der Waals surface area contributed by atoms with Crippen LogP contribution in [-0.4, -0.2) is 87.4 Å². The van der Waals surface area contributed by atoms with Gasteiger partial charge in [-0.2, -0.15) is 0 Å². The van der Waals surface area contributed by atoms with E-state index in [0.717, 1.165) is 44.9 Å². The SMILES string of the molecule is CC1=CN([C@H]2C[C@@H](O)[C@@H](COP(=O)(O)OCCCOP(=O)(O)OCCCCCCCCCCCC(=O)O)O2)C(=O)CC1=O. The van der Waals surface area contributed by atoms with Gasteiger partial charge in [0.25, 0.3) is 0 Å². The summed E-state index contributed by atoms with van der Waals surface area (Å²) < 4.78 is 49.3. The van der Waals surface area contributed by atoms with E-state index in [4.69, 9.17) is 27.9 Å². The van der Waals surface area contributed by atoms with Crippen LogP contribution < -0.4 is 0 Å². The first-order valence-electron chi connectivity index (χ1n) is 14.6. The molecule has 17 heteroatoms. The highest BCUT2D eigenvalue weighted by atomic mass is 31.2. The van der Waals surface area contributed by atoms with E-state index in [1.165, 1.54) is 11.1 Å². The van der Waals surface area contributed by atoms with Gasteiger partial charge in [0.1, 0.15) is 12.3 Å². The van der Waals surface area contributed by atoms with Crippen LogP contribution in [0.3, 0.4) is 0 Å². The van der Waals surface area contributed by atoms with Gasteiger partial charge in [-0.05, 0) is 26.2 Å². The number of aliphatic hydroxyl groups is 1. The second kappa shape index (κ2) is 19.1. The maximum absolute atomic E-state index is 12.2. The third-order valence-electron chi connectivity index (χ3n) is 6.88. The van der Waals surface area contributed by atoms with E-state index in [1.54, 1.807) is 6.92 Å². The zero-order chi connectivity index (χ0) is 31.9. The number of unbranched alkanes of at least 4 members (excludes halogenated alkanes) is 8. The molecule has 1 saturated heterocycles. The molecule has 2 heterocycles. The molecule has 15 nitrogen and oxygen atoms in total. The summed E-state index contributed by atoms with van der Waals surface area (Å²) in [5, 5.41) is 18.8. The van der Waals surface area contributed by atoms with Crippen molar-refractivity contribution in [2.24, 2.45) is 0 Å². The Kier molecular flexibility index (Phi) is 16.7. The molecular weight excluding hydrogens is 612 g/mol. The van der Waals surface area contributed by atoms with Gasteiger partial charge in [-0.25, -0.2) is 9.13 Å². The van der Waals surface area contributed by atoms with Gasteiger partial charge in [0.15, 0.2) is 5.78 Å². The van der Waals surface area contributed by atoms with Crippen LogP contribution in [0, 0.1) is 0 Å². The molecule has 0 bridgehead atoms. The predicted octanol–water partition coefficient (Wildman–Crippen LogP) is 3.81. The number of aliphatic hydroxyl groups excluding tert-OH is 1. The Bertz CT molecular complexity index is 1040. The van der Waals surface area contributed by atoms with Crippen molar-refractivity contribution in [2.75, 3.05) is 26.4 Å². The number of allylic oxidation sites excluding steroid dienone is 1. The van der Waals surface area contributed by atoms with Crippen LogP contribution in [0.5, 0.6) is 0 Å². The number of carboxylic acid groups (broad SMARTS) is 1. The molecule has 1 amide bonds. The zero-order valence-electron chi connectivity index (χ0n) is 24.5. The van der Waals surface area contributed by atoms with Crippen LogP contribution in [0.1, 0.15) is 90.4 Å². The molecule has 0 aromatic heterocycles. The Morgan fingerprint density at radius 2 is 1.40 bits per heavy atom. The smallest absolute Gasteiger partial charge is 0.472 e. The second-order valence-electron chi connectivity index (χ2n) is 10.6. The topological polar surface area (TPSA) is 216 Å². The van der Waals surface area contributed by atoms with E-state index >= 15 is 0 Å². The number of phosphoric acid groups is 2. The number of ketones is 1. The lowest BCUT2D eigenvalue weighted by Gasteiger charge is -2.28. The third kappa shape index (κ3) is 15.4. The zero-order valence-corrected chi connectivity index (χ0v) is 26.3. The summed E-state index contributed by atoms with van der Waals surface area (Å²) in [5.74, 6) is -1.53. The molecule has 0 aromatic rings. The van der Waals surface area contributed by atoms with E-state index in [1.807, 2.05) is 0 Å². The molecule has 0 aromatic carbocycles. The summed E-state index contributed by atoms with van der Waals surface area (Å²) in [6.07, 6.45) is 6.47. The summed E-state index contributed by atoms with van der Waals surface area (Å²) in [7, 11) is -8.82. The molecule has 0 saturated carbocycles. The van der Waals surface area contributed by atoms with Gasteiger partial charge in [-0.3, -0.25) is 37.4 Å². The maximum atomic E-state index is 12.2. The molecule has 43 heavy (non-hydrogen) atoms. The van der Waals surface area contributed by atoms with Crippen molar-refractivity contribution in [1.82, 2.24) is 4.90 Å². The van der Waals surface area contributed by atoms with Crippen molar-refractivity contribution in [2.45, 2.75) is 109 Å². The Morgan fingerprint density at radius 3 is 1.98 bits per heavy atom. The van der Waals surface area contributed by atoms with Gasteiger partial charge in [0.2, 0.25) is 5.91 Å². The number of phosphoric ester groups is 2. The normalized spacial score (nSPS) is 23.7. The molecule has 5 atom stereocenters. The molecule has 0 aliphatic carbocycles. The number of hydrogen-bond donors (Lipinski definition) is 4. The van der Waals surface area contributed by atoms with Crippen LogP contribution in [0.25, 0.3) is 0 Å². The minimum atomic E-state index is -4.55. The summed E-state index contributed by atoms with van der Waals surface area (Å²) in [6, 6.07) is 0. The summed E-state index contributed by atoms with van der Waals surface area (Å²) in [5.41, 5.74) is 0.376. The van der Waals surface area contributed by atoms with Crippen LogP contribution in [0.2, 0.25) is 0 Å². The molecule has 0 radical (unpaired) electrons. The molecule has 248 valence electrons. The summed E-state index contributed by atoms with van der Waals surface area (Å²) in [6.45, 7) is 0.513. The minimum absolute atomic E-state index is 0.00969. The number of nitrogens with zero attached hydrogens (tertiary/aromatic N) is 1. The highest BCUT2D eigenvalue weighted by Gasteiger charge is 2.41.